The van der Waals surface area contributed by atoms with Crippen molar-refractivity contribution >= 4 is 41.0 Å². The van der Waals surface area contributed by atoms with Crippen molar-refractivity contribution in [2.75, 3.05) is 13.2 Å². The van der Waals surface area contributed by atoms with E-state index in [9.17, 15) is 14.4 Å². The lowest BCUT2D eigenvalue weighted by Crippen LogP contribution is -2.40. The van der Waals surface area contributed by atoms with Gasteiger partial charge in [-0.25, -0.2) is 9.79 Å². The zero-order chi connectivity index (χ0) is 28.3. The molecule has 1 aromatic heterocycles. The molecule has 4 rings (SSSR count). The van der Waals surface area contributed by atoms with Crippen LogP contribution in [0.2, 0.25) is 5.02 Å². The number of halogens is 1. The van der Waals surface area contributed by atoms with Crippen LogP contribution in [0.5, 0.6) is 11.5 Å². The van der Waals surface area contributed by atoms with Gasteiger partial charge in [0.15, 0.2) is 16.3 Å². The van der Waals surface area contributed by atoms with E-state index >= 15 is 0 Å². The van der Waals surface area contributed by atoms with E-state index in [2.05, 4.69) is 4.99 Å². The van der Waals surface area contributed by atoms with Crippen LogP contribution in [0, 0.1) is 5.92 Å². The Morgan fingerprint density at radius 1 is 1.18 bits per heavy atom. The lowest BCUT2D eigenvalue weighted by molar-refractivity contribution is -0.140. The van der Waals surface area contributed by atoms with E-state index in [-0.39, 0.29) is 29.4 Å². The number of rotatable bonds is 8. The average molecular weight is 569 g/mol. The molecule has 1 aliphatic rings. The largest absolute Gasteiger partial charge is 0.490 e. The summed E-state index contributed by atoms with van der Waals surface area (Å²) in [4.78, 5) is 43.9. The number of fused-ring (bicyclic) bond motifs is 1. The lowest BCUT2D eigenvalue weighted by atomic mass is 9.95. The number of carbonyl (C=O) groups excluding carboxylic acids is 2. The minimum absolute atomic E-state index is 0.123. The molecule has 1 atom stereocenters. The normalized spacial score (nSPS) is 15.2. The molecule has 10 heteroatoms. The summed E-state index contributed by atoms with van der Waals surface area (Å²) in [5, 5.41) is 0.511. The summed E-state index contributed by atoms with van der Waals surface area (Å²) in [5.74, 6) is -0.378. The zero-order valence-corrected chi connectivity index (χ0v) is 23.9. The first kappa shape index (κ1) is 28.3. The molecule has 2 aromatic carbocycles. The molecular formula is C29H29ClN2O6S. The third-order valence-electron chi connectivity index (χ3n) is 5.82. The Kier molecular flexibility index (Phi) is 8.72. The molecular weight excluding hydrogens is 540 g/mol. The van der Waals surface area contributed by atoms with Crippen molar-refractivity contribution in [2.24, 2.45) is 10.9 Å². The van der Waals surface area contributed by atoms with Crippen molar-refractivity contribution in [1.29, 1.82) is 0 Å². The topological polar surface area (TPSA) is 96.2 Å². The second-order valence-corrected chi connectivity index (χ2v) is 10.7. The average Bonchev–Trinajstić information content (AvgIpc) is 3.18. The number of benzene rings is 2. The second-order valence-electron chi connectivity index (χ2n) is 9.33. The molecule has 0 bridgehead atoms. The number of hydrogen-bond acceptors (Lipinski definition) is 8. The fraction of sp³-hybridized carbons (Fsp3) is 0.310. The Morgan fingerprint density at radius 3 is 2.59 bits per heavy atom. The molecule has 0 amide bonds. The molecule has 0 fully saturated rings. The van der Waals surface area contributed by atoms with Crippen molar-refractivity contribution < 1.29 is 23.8 Å². The minimum Gasteiger partial charge on any atom is -0.490 e. The first-order valence-corrected chi connectivity index (χ1v) is 13.7. The third kappa shape index (κ3) is 6.15. The molecule has 0 spiro atoms. The molecule has 0 saturated carbocycles. The Labute approximate surface area is 234 Å². The van der Waals surface area contributed by atoms with Crippen LogP contribution in [-0.4, -0.2) is 29.7 Å². The molecule has 0 radical (unpaired) electrons. The number of carbonyl (C=O) groups is 2. The molecule has 0 aliphatic carbocycles. The molecule has 3 aromatic rings. The Bertz CT molecular complexity index is 1640. The van der Waals surface area contributed by atoms with E-state index in [1.54, 1.807) is 44.2 Å². The summed E-state index contributed by atoms with van der Waals surface area (Å²) in [6.45, 7) is 9.25. The van der Waals surface area contributed by atoms with E-state index < -0.39 is 18.0 Å². The molecule has 2 heterocycles. The molecule has 204 valence electrons. The van der Waals surface area contributed by atoms with Crippen LogP contribution < -0.4 is 24.4 Å². The summed E-state index contributed by atoms with van der Waals surface area (Å²) >= 11 is 7.55. The van der Waals surface area contributed by atoms with Crippen LogP contribution in [0.15, 0.2) is 63.5 Å². The van der Waals surface area contributed by atoms with Gasteiger partial charge in [-0.15, -0.1) is 0 Å². The SMILES string of the molecule is CCOc1cc([C@H]2C(C(=O)OCC(C)C)=C(C)N=c3s/c(=C\c4ccccc4Cl)c(=O)n32)ccc1OC(C)=O. The van der Waals surface area contributed by atoms with Crippen LogP contribution in [0.1, 0.15) is 51.8 Å². The second kappa shape index (κ2) is 12.0. The van der Waals surface area contributed by atoms with Gasteiger partial charge < -0.3 is 14.2 Å². The number of allylic oxidation sites excluding steroid dienone is 1. The number of nitrogens with zero attached hydrogens (tertiary/aromatic N) is 2. The van der Waals surface area contributed by atoms with Gasteiger partial charge in [0.25, 0.3) is 5.56 Å². The first-order valence-electron chi connectivity index (χ1n) is 12.5. The van der Waals surface area contributed by atoms with Gasteiger partial charge in [-0.2, -0.15) is 0 Å². The van der Waals surface area contributed by atoms with Crippen LogP contribution in [-0.2, 0) is 14.3 Å². The summed E-state index contributed by atoms with van der Waals surface area (Å²) in [7, 11) is 0. The maximum absolute atomic E-state index is 13.8. The summed E-state index contributed by atoms with van der Waals surface area (Å²) in [5.41, 5.74) is 1.63. The van der Waals surface area contributed by atoms with Gasteiger partial charge in [0.2, 0.25) is 0 Å². The Hall–Kier alpha value is -3.69. The Morgan fingerprint density at radius 2 is 1.92 bits per heavy atom. The first-order chi connectivity index (χ1) is 18.6. The van der Waals surface area contributed by atoms with Gasteiger partial charge in [-0.3, -0.25) is 14.2 Å². The smallest absolute Gasteiger partial charge is 0.338 e. The fourth-order valence-electron chi connectivity index (χ4n) is 4.15. The molecule has 39 heavy (non-hydrogen) atoms. The van der Waals surface area contributed by atoms with Crippen molar-refractivity contribution in [3.05, 3.63) is 89.6 Å². The standard InChI is InChI=1S/C29H29ClN2O6S/c1-6-36-23-13-20(11-12-22(23)38-18(5)33)26-25(28(35)37-15-16(2)3)17(4)31-29-32(26)27(34)24(39-29)14-19-9-7-8-10-21(19)30/h7-14,16,26H,6,15H2,1-5H3/b24-14-/t26-/m0/s1. The van der Waals surface area contributed by atoms with Gasteiger partial charge in [-0.05, 0) is 55.2 Å². The number of esters is 2. The number of hydrogen-bond donors (Lipinski definition) is 0. The highest BCUT2D eigenvalue weighted by atomic mass is 35.5. The fourth-order valence-corrected chi connectivity index (χ4v) is 5.38. The van der Waals surface area contributed by atoms with E-state index in [1.807, 2.05) is 32.0 Å². The number of aromatic nitrogens is 1. The van der Waals surface area contributed by atoms with Crippen molar-refractivity contribution in [1.82, 2.24) is 4.57 Å². The number of thiazole rings is 1. The van der Waals surface area contributed by atoms with Gasteiger partial charge in [-0.1, -0.05) is 61.1 Å². The highest BCUT2D eigenvalue weighted by Crippen LogP contribution is 2.36. The predicted octanol–water partition coefficient (Wildman–Crippen LogP) is 4.41. The minimum atomic E-state index is -0.847. The summed E-state index contributed by atoms with van der Waals surface area (Å²) in [6, 6.07) is 11.3. The van der Waals surface area contributed by atoms with Crippen molar-refractivity contribution in [3.8, 4) is 11.5 Å². The summed E-state index contributed by atoms with van der Waals surface area (Å²) < 4.78 is 18.6. The Balaban J connectivity index is 1.94. The third-order valence-corrected chi connectivity index (χ3v) is 7.15. The summed E-state index contributed by atoms with van der Waals surface area (Å²) in [6.07, 6.45) is 1.72. The van der Waals surface area contributed by atoms with Crippen LogP contribution in [0.3, 0.4) is 0 Å². The zero-order valence-electron chi connectivity index (χ0n) is 22.3. The lowest BCUT2D eigenvalue weighted by Gasteiger charge is -2.25. The number of ether oxygens (including phenoxy) is 3. The quantitative estimate of drug-likeness (QED) is 0.295. The molecule has 0 unspecified atom stereocenters. The van der Waals surface area contributed by atoms with Crippen molar-refractivity contribution in [3.63, 3.8) is 0 Å². The maximum Gasteiger partial charge on any atom is 0.338 e. The predicted molar refractivity (Wildman–Crippen MR) is 150 cm³/mol. The van der Waals surface area contributed by atoms with E-state index in [4.69, 9.17) is 25.8 Å². The van der Waals surface area contributed by atoms with Crippen LogP contribution in [0.25, 0.3) is 6.08 Å². The highest BCUT2D eigenvalue weighted by molar-refractivity contribution is 7.07. The maximum atomic E-state index is 13.8. The van der Waals surface area contributed by atoms with E-state index in [0.717, 1.165) is 0 Å². The monoisotopic (exact) mass is 568 g/mol. The molecule has 0 saturated heterocycles. The van der Waals surface area contributed by atoms with Gasteiger partial charge >= 0.3 is 11.9 Å². The van der Waals surface area contributed by atoms with Gasteiger partial charge in [0, 0.05) is 11.9 Å². The van der Waals surface area contributed by atoms with E-state index in [0.29, 0.717) is 43.5 Å². The van der Waals surface area contributed by atoms with E-state index in [1.165, 1.54) is 22.8 Å². The van der Waals surface area contributed by atoms with Crippen LogP contribution >= 0.6 is 22.9 Å². The molecule has 1 aliphatic heterocycles. The molecule has 8 nitrogen and oxygen atoms in total. The van der Waals surface area contributed by atoms with Crippen LogP contribution in [0.4, 0.5) is 0 Å². The highest BCUT2D eigenvalue weighted by Gasteiger charge is 2.34. The van der Waals surface area contributed by atoms with Gasteiger partial charge in [0.1, 0.15) is 0 Å². The van der Waals surface area contributed by atoms with Crippen molar-refractivity contribution in [2.45, 2.75) is 40.7 Å². The van der Waals surface area contributed by atoms with Gasteiger partial charge in [0.05, 0.1) is 35.1 Å². The molecule has 0 N–H and O–H groups in total.